The van der Waals surface area contributed by atoms with E-state index in [1.54, 1.807) is 30.3 Å². The maximum absolute atomic E-state index is 13.5. The van der Waals surface area contributed by atoms with Gasteiger partial charge in [0.05, 0.1) is 0 Å². The molecule has 0 aliphatic heterocycles. The molecule has 0 heterocycles. The molecule has 2 N–H and O–H groups in total. The summed E-state index contributed by atoms with van der Waals surface area (Å²) in [5.41, 5.74) is 2.20. The highest BCUT2D eigenvalue weighted by atomic mass is 32.1. The Bertz CT molecular complexity index is 736. The lowest BCUT2D eigenvalue weighted by atomic mass is 9.87. The van der Waals surface area contributed by atoms with Crippen LogP contribution in [0.25, 0.3) is 0 Å². The summed E-state index contributed by atoms with van der Waals surface area (Å²) in [5, 5.41) is 5.61. The summed E-state index contributed by atoms with van der Waals surface area (Å²) in [7, 11) is 0. The van der Waals surface area contributed by atoms with Gasteiger partial charge in [-0.3, -0.25) is 10.1 Å². The van der Waals surface area contributed by atoms with Crippen molar-refractivity contribution < 1.29 is 9.18 Å². The molecule has 0 spiro atoms. The number of hydrogen-bond acceptors (Lipinski definition) is 2. The molecule has 0 saturated carbocycles. The largest absolute Gasteiger partial charge is 0.358 e. The van der Waals surface area contributed by atoms with Gasteiger partial charge in [-0.05, 0) is 41.4 Å². The number of benzene rings is 2. The van der Waals surface area contributed by atoms with E-state index in [1.165, 1.54) is 6.07 Å². The molecule has 0 radical (unpaired) electrons. The number of carbonyl (C=O) groups excluding carboxylic acids is 1. The van der Waals surface area contributed by atoms with Gasteiger partial charge in [-0.2, -0.15) is 0 Å². The van der Waals surface area contributed by atoms with E-state index in [4.69, 9.17) is 12.2 Å². The van der Waals surface area contributed by atoms with Crippen LogP contribution >= 0.6 is 12.2 Å². The summed E-state index contributed by atoms with van der Waals surface area (Å²) in [6.45, 7) is 6.56. The van der Waals surface area contributed by atoms with Gasteiger partial charge >= 0.3 is 0 Å². The van der Waals surface area contributed by atoms with Crippen molar-refractivity contribution in [2.75, 3.05) is 0 Å². The maximum Gasteiger partial charge on any atom is 0.257 e. The highest BCUT2D eigenvalue weighted by molar-refractivity contribution is 7.80. The molecule has 2 aromatic rings. The third-order valence-corrected chi connectivity index (χ3v) is 3.88. The van der Waals surface area contributed by atoms with E-state index in [2.05, 4.69) is 31.4 Å². The van der Waals surface area contributed by atoms with Gasteiger partial charge in [0.1, 0.15) is 5.82 Å². The van der Waals surface area contributed by atoms with Crippen LogP contribution in [0.4, 0.5) is 4.39 Å². The molecule has 1 amide bonds. The monoisotopic (exact) mass is 344 g/mol. The SMILES string of the molecule is CC(C)(C)c1ccc(C(=O)NC(=S)NCc2ccccc2F)cc1. The van der Waals surface area contributed by atoms with E-state index in [9.17, 15) is 9.18 Å². The van der Waals surface area contributed by atoms with Crippen LogP contribution in [0, 0.1) is 5.82 Å². The summed E-state index contributed by atoms with van der Waals surface area (Å²) < 4.78 is 13.5. The molecule has 0 atom stereocenters. The summed E-state index contributed by atoms with van der Waals surface area (Å²) in [6, 6.07) is 13.8. The molecule has 0 aliphatic carbocycles. The summed E-state index contributed by atoms with van der Waals surface area (Å²) in [4.78, 5) is 12.2. The normalized spacial score (nSPS) is 11.0. The molecule has 2 rings (SSSR count). The van der Waals surface area contributed by atoms with Crippen molar-refractivity contribution in [1.29, 1.82) is 0 Å². The van der Waals surface area contributed by atoms with Crippen LogP contribution in [0.1, 0.15) is 42.3 Å². The van der Waals surface area contributed by atoms with Crippen molar-refractivity contribution in [2.45, 2.75) is 32.7 Å². The van der Waals surface area contributed by atoms with Crippen molar-refractivity contribution in [2.24, 2.45) is 0 Å². The molecule has 2 aromatic carbocycles. The third kappa shape index (κ3) is 4.86. The molecule has 0 fully saturated rings. The Labute approximate surface area is 147 Å². The minimum Gasteiger partial charge on any atom is -0.358 e. The molecular formula is C19H21FN2OS. The molecule has 0 unspecified atom stereocenters. The molecule has 24 heavy (non-hydrogen) atoms. The molecule has 0 bridgehead atoms. The van der Waals surface area contributed by atoms with Gasteiger partial charge in [0.15, 0.2) is 5.11 Å². The van der Waals surface area contributed by atoms with E-state index in [0.717, 1.165) is 5.56 Å². The van der Waals surface area contributed by atoms with Gasteiger partial charge in [-0.15, -0.1) is 0 Å². The Hall–Kier alpha value is -2.27. The highest BCUT2D eigenvalue weighted by Gasteiger charge is 2.14. The van der Waals surface area contributed by atoms with Crippen LogP contribution in [0.2, 0.25) is 0 Å². The van der Waals surface area contributed by atoms with Gasteiger partial charge in [0, 0.05) is 17.7 Å². The lowest BCUT2D eigenvalue weighted by Gasteiger charge is -2.19. The van der Waals surface area contributed by atoms with Crippen molar-refractivity contribution in [3.63, 3.8) is 0 Å². The fourth-order valence-corrected chi connectivity index (χ4v) is 2.32. The minimum absolute atomic E-state index is 0.0334. The van der Waals surface area contributed by atoms with E-state index >= 15 is 0 Å². The first-order valence-corrected chi connectivity index (χ1v) is 8.11. The molecule has 0 aromatic heterocycles. The second-order valence-corrected chi connectivity index (χ2v) is 6.96. The predicted octanol–water partition coefficient (Wildman–Crippen LogP) is 3.93. The summed E-state index contributed by atoms with van der Waals surface area (Å²) in [6.07, 6.45) is 0. The summed E-state index contributed by atoms with van der Waals surface area (Å²) in [5.74, 6) is -0.599. The fraction of sp³-hybridized carbons (Fsp3) is 0.263. The fourth-order valence-electron chi connectivity index (χ4n) is 2.16. The number of carbonyl (C=O) groups is 1. The van der Waals surface area contributed by atoms with Crippen molar-refractivity contribution in [3.05, 3.63) is 71.0 Å². The Balaban J connectivity index is 1.92. The molecule has 0 saturated heterocycles. The zero-order valence-electron chi connectivity index (χ0n) is 14.0. The first-order chi connectivity index (χ1) is 11.3. The highest BCUT2D eigenvalue weighted by Crippen LogP contribution is 2.22. The number of amides is 1. The van der Waals surface area contributed by atoms with E-state index in [1.807, 2.05) is 12.1 Å². The zero-order chi connectivity index (χ0) is 17.7. The van der Waals surface area contributed by atoms with Crippen LogP contribution < -0.4 is 10.6 Å². The maximum atomic E-state index is 13.5. The number of hydrogen-bond donors (Lipinski definition) is 2. The lowest BCUT2D eigenvalue weighted by Crippen LogP contribution is -2.39. The molecule has 126 valence electrons. The first kappa shape index (κ1) is 18.1. The number of thiocarbonyl (C=S) groups is 1. The van der Waals surface area contributed by atoms with Gasteiger partial charge in [0.25, 0.3) is 5.91 Å². The van der Waals surface area contributed by atoms with Crippen LogP contribution in [0.15, 0.2) is 48.5 Å². The Kier molecular flexibility index (Phi) is 5.67. The predicted molar refractivity (Wildman–Crippen MR) is 98.4 cm³/mol. The van der Waals surface area contributed by atoms with Crippen LogP contribution in [-0.4, -0.2) is 11.0 Å². The molecule has 3 nitrogen and oxygen atoms in total. The van der Waals surface area contributed by atoms with Crippen molar-refractivity contribution >= 4 is 23.2 Å². The lowest BCUT2D eigenvalue weighted by molar-refractivity contribution is 0.0976. The number of nitrogens with one attached hydrogen (secondary N) is 2. The number of rotatable bonds is 3. The molecule has 5 heteroatoms. The average Bonchev–Trinajstić information content (AvgIpc) is 2.53. The van der Waals surface area contributed by atoms with Crippen LogP contribution in [-0.2, 0) is 12.0 Å². The molecular weight excluding hydrogens is 323 g/mol. The smallest absolute Gasteiger partial charge is 0.257 e. The van der Waals surface area contributed by atoms with Gasteiger partial charge in [-0.1, -0.05) is 51.1 Å². The van der Waals surface area contributed by atoms with E-state index < -0.39 is 0 Å². The van der Waals surface area contributed by atoms with Gasteiger partial charge < -0.3 is 5.32 Å². The van der Waals surface area contributed by atoms with E-state index in [-0.39, 0.29) is 28.8 Å². The van der Waals surface area contributed by atoms with E-state index in [0.29, 0.717) is 11.1 Å². The Morgan fingerprint density at radius 3 is 2.29 bits per heavy atom. The molecule has 0 aliphatic rings. The Morgan fingerprint density at radius 1 is 1.08 bits per heavy atom. The van der Waals surface area contributed by atoms with Crippen molar-refractivity contribution in [1.82, 2.24) is 10.6 Å². The topological polar surface area (TPSA) is 41.1 Å². The summed E-state index contributed by atoms with van der Waals surface area (Å²) >= 11 is 5.09. The quantitative estimate of drug-likeness (QED) is 0.829. The van der Waals surface area contributed by atoms with Crippen LogP contribution in [0.3, 0.4) is 0 Å². The minimum atomic E-state index is -0.308. The number of halogens is 1. The first-order valence-electron chi connectivity index (χ1n) is 7.70. The van der Waals surface area contributed by atoms with Crippen LogP contribution in [0.5, 0.6) is 0 Å². The standard InChI is InChI=1S/C19H21FN2OS/c1-19(2,3)15-10-8-13(9-11-15)17(23)22-18(24)21-12-14-6-4-5-7-16(14)20/h4-11H,12H2,1-3H3,(H2,21,22,23,24). The third-order valence-electron chi connectivity index (χ3n) is 3.64. The second kappa shape index (κ2) is 7.53. The van der Waals surface area contributed by atoms with Gasteiger partial charge in [-0.25, -0.2) is 4.39 Å². The Morgan fingerprint density at radius 2 is 1.71 bits per heavy atom. The van der Waals surface area contributed by atoms with Gasteiger partial charge in [0.2, 0.25) is 0 Å². The van der Waals surface area contributed by atoms with Crippen molar-refractivity contribution in [3.8, 4) is 0 Å². The second-order valence-electron chi connectivity index (χ2n) is 6.56. The average molecular weight is 344 g/mol. The zero-order valence-corrected chi connectivity index (χ0v) is 14.8.